The van der Waals surface area contributed by atoms with Crippen LogP contribution in [0.2, 0.25) is 0 Å². The van der Waals surface area contributed by atoms with Crippen molar-refractivity contribution < 1.29 is 19.4 Å². The fourth-order valence-electron chi connectivity index (χ4n) is 6.77. The highest BCUT2D eigenvalue weighted by Gasteiger charge is 2.67. The van der Waals surface area contributed by atoms with E-state index in [1.54, 1.807) is 13.8 Å². The van der Waals surface area contributed by atoms with Crippen LogP contribution < -0.4 is 0 Å². The first-order chi connectivity index (χ1) is 12.7. The molecule has 5 nitrogen and oxygen atoms in total. The molecule has 0 amide bonds. The van der Waals surface area contributed by atoms with Gasteiger partial charge in [-0.3, -0.25) is 9.59 Å². The van der Waals surface area contributed by atoms with Crippen molar-refractivity contribution in [2.75, 3.05) is 13.2 Å². The van der Waals surface area contributed by atoms with E-state index >= 15 is 0 Å². The summed E-state index contributed by atoms with van der Waals surface area (Å²) in [4.78, 5) is 25.7. The lowest BCUT2D eigenvalue weighted by Gasteiger charge is -2.63. The van der Waals surface area contributed by atoms with Crippen molar-refractivity contribution in [2.24, 2.45) is 34.0 Å². The Labute approximate surface area is 161 Å². The van der Waals surface area contributed by atoms with E-state index in [1.165, 1.54) is 0 Å². The molecule has 0 bridgehead atoms. The lowest BCUT2D eigenvalue weighted by atomic mass is 9.39. The summed E-state index contributed by atoms with van der Waals surface area (Å²) < 4.78 is 5.32. The van der Waals surface area contributed by atoms with E-state index in [2.05, 4.69) is 19.6 Å². The highest BCUT2D eigenvalue weighted by Crippen LogP contribution is 2.68. The van der Waals surface area contributed by atoms with Gasteiger partial charge in [0.15, 0.2) is 0 Å². The van der Waals surface area contributed by atoms with Crippen molar-refractivity contribution in [1.82, 2.24) is 0 Å². The van der Waals surface area contributed by atoms with Crippen molar-refractivity contribution in [3.63, 3.8) is 0 Å². The first-order valence-electron chi connectivity index (χ1n) is 10.1. The number of hydrogen-bond donors (Lipinski definition) is 1. The third-order valence-electron chi connectivity index (χ3n) is 8.19. The predicted octanol–water partition coefficient (Wildman–Crippen LogP) is 3.42. The Balaban J connectivity index is 2.08. The van der Waals surface area contributed by atoms with Crippen LogP contribution >= 0.6 is 0 Å². The number of aliphatic hydroxyl groups is 1. The number of rotatable bonds is 3. The average molecular weight is 373 g/mol. The van der Waals surface area contributed by atoms with Gasteiger partial charge in [0.1, 0.15) is 11.2 Å². The van der Waals surface area contributed by atoms with Gasteiger partial charge in [0.05, 0.1) is 24.7 Å². The molecule has 0 radical (unpaired) electrons. The van der Waals surface area contributed by atoms with Gasteiger partial charge in [-0.25, -0.2) is 0 Å². The zero-order chi connectivity index (χ0) is 20.0. The van der Waals surface area contributed by atoms with Crippen LogP contribution in [0.1, 0.15) is 59.3 Å². The highest BCUT2D eigenvalue weighted by atomic mass is 16.5. The molecule has 0 spiro atoms. The van der Waals surface area contributed by atoms with Crippen LogP contribution in [0, 0.1) is 45.3 Å². The summed E-state index contributed by atoms with van der Waals surface area (Å²) in [6.45, 7) is 9.97. The van der Waals surface area contributed by atoms with Crippen LogP contribution in [0.4, 0.5) is 0 Å². The maximum Gasteiger partial charge on any atom is 0.319 e. The van der Waals surface area contributed by atoms with Gasteiger partial charge >= 0.3 is 5.97 Å². The van der Waals surface area contributed by atoms with E-state index in [1.807, 2.05) is 0 Å². The fraction of sp³-hybridized carbons (Fsp3) is 0.773. The number of nitriles is 1. The van der Waals surface area contributed by atoms with E-state index in [0.29, 0.717) is 25.7 Å². The van der Waals surface area contributed by atoms with Crippen molar-refractivity contribution in [2.45, 2.75) is 59.3 Å². The van der Waals surface area contributed by atoms with Crippen molar-refractivity contribution >= 4 is 11.8 Å². The Morgan fingerprint density at radius 1 is 1.30 bits per heavy atom. The minimum atomic E-state index is -1.15. The number of Topliss-reactive ketones (excluding diaryl/α,β-unsaturated/α-hetero) is 1. The molecule has 148 valence electrons. The number of esters is 1. The number of nitrogens with zero attached hydrogens (tertiary/aromatic N) is 1. The molecule has 0 aromatic carbocycles. The third kappa shape index (κ3) is 2.52. The zero-order valence-electron chi connectivity index (χ0n) is 16.7. The molecule has 3 aliphatic carbocycles. The van der Waals surface area contributed by atoms with E-state index in [4.69, 9.17) is 4.74 Å². The van der Waals surface area contributed by atoms with Gasteiger partial charge in [-0.15, -0.1) is 0 Å². The molecule has 0 unspecified atom stereocenters. The molecule has 1 N–H and O–H groups in total. The van der Waals surface area contributed by atoms with Gasteiger partial charge in [0.25, 0.3) is 0 Å². The van der Waals surface area contributed by atoms with Gasteiger partial charge in [-0.1, -0.05) is 19.1 Å². The number of hydrogen-bond acceptors (Lipinski definition) is 5. The van der Waals surface area contributed by atoms with Crippen molar-refractivity contribution in [3.8, 4) is 6.07 Å². The molecular weight excluding hydrogens is 342 g/mol. The van der Waals surface area contributed by atoms with Crippen LogP contribution in [-0.2, 0) is 14.3 Å². The van der Waals surface area contributed by atoms with Crippen LogP contribution in [0.25, 0.3) is 0 Å². The first kappa shape index (κ1) is 20.1. The SMILES string of the molecule is C=C1CC[C@@H]2[C@@]3(C)CCC(=O)[C@](C)(C(=O)OCC)[C@@H]3CC[C@@]2(C#N)[C@@H]1CO. The Kier molecular flexibility index (Phi) is 5.01. The lowest BCUT2D eigenvalue weighted by molar-refractivity contribution is -0.187. The van der Waals surface area contributed by atoms with Crippen LogP contribution in [0.15, 0.2) is 12.2 Å². The van der Waals surface area contributed by atoms with Gasteiger partial charge in [0, 0.05) is 12.3 Å². The van der Waals surface area contributed by atoms with Crippen LogP contribution in [0.5, 0.6) is 0 Å². The number of fused-ring (bicyclic) bond motifs is 3. The highest BCUT2D eigenvalue weighted by molar-refractivity contribution is 6.04. The largest absolute Gasteiger partial charge is 0.465 e. The van der Waals surface area contributed by atoms with E-state index < -0.39 is 16.8 Å². The molecule has 0 saturated heterocycles. The van der Waals surface area contributed by atoms with Gasteiger partial charge < -0.3 is 9.84 Å². The molecule has 0 aliphatic heterocycles. The van der Waals surface area contributed by atoms with E-state index in [-0.39, 0.29) is 42.2 Å². The monoisotopic (exact) mass is 373 g/mol. The molecule has 3 fully saturated rings. The van der Waals surface area contributed by atoms with E-state index in [0.717, 1.165) is 18.4 Å². The summed E-state index contributed by atoms with van der Waals surface area (Å²) >= 11 is 0. The molecular formula is C22H31NO4. The second-order valence-electron chi connectivity index (χ2n) is 9.08. The van der Waals surface area contributed by atoms with Crippen LogP contribution in [-0.4, -0.2) is 30.1 Å². The van der Waals surface area contributed by atoms with E-state index in [9.17, 15) is 20.0 Å². The predicted molar refractivity (Wildman–Crippen MR) is 100 cm³/mol. The topological polar surface area (TPSA) is 87.4 Å². The van der Waals surface area contributed by atoms with Gasteiger partial charge in [0.2, 0.25) is 0 Å². The number of ketones is 1. The minimum absolute atomic E-state index is 0.0354. The Hall–Kier alpha value is -1.67. The summed E-state index contributed by atoms with van der Waals surface area (Å²) in [5.74, 6) is -0.785. The summed E-state index contributed by atoms with van der Waals surface area (Å²) in [6, 6.07) is 2.58. The lowest BCUT2D eigenvalue weighted by Crippen LogP contribution is -2.63. The summed E-state index contributed by atoms with van der Waals surface area (Å²) in [7, 11) is 0. The third-order valence-corrected chi connectivity index (χ3v) is 8.19. The van der Waals surface area contributed by atoms with Crippen molar-refractivity contribution in [3.05, 3.63) is 12.2 Å². The second kappa shape index (κ2) is 6.74. The number of aliphatic hydroxyl groups excluding tert-OH is 1. The standard InChI is InChI=1S/C22H31NO4/c1-5-27-19(26)21(4)16-8-11-22(13-23)15(12-24)14(2)6-7-17(22)20(16,3)10-9-18(21)25/h15-17,24H,2,5-12H2,1,3-4H3/t15-,16-,17-,20+,21-,22-/m1/s1. The number of carbonyl (C=O) groups excluding carboxylic acids is 2. The molecule has 27 heavy (non-hydrogen) atoms. The molecule has 6 atom stereocenters. The maximum absolute atomic E-state index is 12.9. The normalized spacial score (nSPS) is 44.0. The molecule has 3 aliphatic rings. The first-order valence-corrected chi connectivity index (χ1v) is 10.1. The van der Waals surface area contributed by atoms with Gasteiger partial charge in [-0.2, -0.15) is 5.26 Å². The summed E-state index contributed by atoms with van der Waals surface area (Å²) in [5.41, 5.74) is -1.16. The summed E-state index contributed by atoms with van der Waals surface area (Å²) in [5, 5.41) is 20.3. The minimum Gasteiger partial charge on any atom is -0.465 e. The molecule has 0 heterocycles. The average Bonchev–Trinajstić information content (AvgIpc) is 2.64. The number of carbonyl (C=O) groups is 2. The fourth-order valence-corrected chi connectivity index (χ4v) is 6.77. The summed E-state index contributed by atoms with van der Waals surface area (Å²) in [6.07, 6.45) is 3.83. The quantitative estimate of drug-likeness (QED) is 0.465. The smallest absolute Gasteiger partial charge is 0.319 e. The van der Waals surface area contributed by atoms with Crippen LogP contribution in [0.3, 0.4) is 0 Å². The molecule has 0 aromatic rings. The Morgan fingerprint density at radius 2 is 2.00 bits per heavy atom. The molecule has 0 aromatic heterocycles. The van der Waals surface area contributed by atoms with Gasteiger partial charge in [-0.05, 0) is 63.2 Å². The molecule has 3 rings (SSSR count). The number of ether oxygens (including phenoxy) is 1. The second-order valence-corrected chi connectivity index (χ2v) is 9.08. The molecule has 3 saturated carbocycles. The van der Waals surface area contributed by atoms with Crippen molar-refractivity contribution in [1.29, 1.82) is 5.26 Å². The Morgan fingerprint density at radius 3 is 2.59 bits per heavy atom. The molecule has 5 heteroatoms. The zero-order valence-corrected chi connectivity index (χ0v) is 16.7. The Bertz CT molecular complexity index is 710. The maximum atomic E-state index is 12.9.